The molecule has 178 valence electrons. The van der Waals surface area contributed by atoms with E-state index in [1.165, 1.54) is 44.6 Å². The Kier molecular flexibility index (Phi) is 10.00. The van der Waals surface area contributed by atoms with Crippen LogP contribution in [0.4, 0.5) is 0 Å². The SMILES string of the molecule is C=CC(=O)OCCCC1CCC(CCC2CCC(C(=O)Oc3ccccc3C#N)CC2)CC1. The topological polar surface area (TPSA) is 76.4 Å². The van der Waals surface area contributed by atoms with Crippen LogP contribution in [0.25, 0.3) is 0 Å². The fraction of sp³-hybridized carbons (Fsp3) is 0.607. The van der Waals surface area contributed by atoms with Gasteiger partial charge in [-0.3, -0.25) is 4.79 Å². The number of rotatable bonds is 10. The van der Waals surface area contributed by atoms with Gasteiger partial charge in [-0.25, -0.2) is 4.79 Å². The molecule has 0 heterocycles. The van der Waals surface area contributed by atoms with E-state index in [1.54, 1.807) is 24.3 Å². The Bertz CT molecular complexity index is 827. The number of nitrogens with zero attached hydrogens (tertiary/aromatic N) is 1. The normalized spacial score (nSPS) is 24.9. The number of esters is 2. The summed E-state index contributed by atoms with van der Waals surface area (Å²) in [5.41, 5.74) is 0.408. The minimum absolute atomic E-state index is 0.0470. The molecule has 33 heavy (non-hydrogen) atoms. The lowest BCUT2D eigenvalue weighted by molar-refractivity contribution is -0.140. The van der Waals surface area contributed by atoms with Gasteiger partial charge in [-0.2, -0.15) is 5.26 Å². The molecule has 2 aliphatic rings. The number of carbonyl (C=O) groups excluding carboxylic acids is 2. The third-order valence-electron chi connectivity index (χ3n) is 7.52. The van der Waals surface area contributed by atoms with Gasteiger partial charge in [0, 0.05) is 6.08 Å². The minimum Gasteiger partial charge on any atom is -0.463 e. The molecule has 0 unspecified atom stereocenters. The fourth-order valence-corrected chi connectivity index (χ4v) is 5.41. The number of benzene rings is 1. The maximum atomic E-state index is 12.6. The Balaban J connectivity index is 1.28. The summed E-state index contributed by atoms with van der Waals surface area (Å²) in [6, 6.07) is 9.01. The first kappa shape index (κ1) is 25.0. The summed E-state index contributed by atoms with van der Waals surface area (Å²) >= 11 is 0. The van der Waals surface area contributed by atoms with Crippen LogP contribution in [0, 0.1) is 35.0 Å². The number of hydrogen-bond acceptors (Lipinski definition) is 5. The van der Waals surface area contributed by atoms with Crippen molar-refractivity contribution in [2.45, 2.75) is 77.0 Å². The predicted octanol–water partition coefficient (Wildman–Crippen LogP) is 6.37. The van der Waals surface area contributed by atoms with Gasteiger partial charge in [0.1, 0.15) is 11.8 Å². The molecule has 0 aliphatic heterocycles. The molecule has 0 radical (unpaired) electrons. The van der Waals surface area contributed by atoms with Crippen LogP contribution in [0.3, 0.4) is 0 Å². The Hall–Kier alpha value is -2.61. The highest BCUT2D eigenvalue weighted by Crippen LogP contribution is 2.38. The van der Waals surface area contributed by atoms with Crippen molar-refractivity contribution in [2.24, 2.45) is 23.7 Å². The molecule has 2 aliphatic carbocycles. The Morgan fingerprint density at radius 3 is 2.12 bits per heavy atom. The second kappa shape index (κ2) is 13.2. The van der Waals surface area contributed by atoms with Crippen LogP contribution in [-0.4, -0.2) is 18.5 Å². The summed E-state index contributed by atoms with van der Waals surface area (Å²) in [5.74, 6) is 2.15. The lowest BCUT2D eigenvalue weighted by atomic mass is 9.75. The van der Waals surface area contributed by atoms with Crippen molar-refractivity contribution >= 4 is 11.9 Å². The summed E-state index contributed by atoms with van der Waals surface area (Å²) in [5, 5.41) is 9.17. The molecule has 3 rings (SSSR count). The van der Waals surface area contributed by atoms with Crippen molar-refractivity contribution in [1.29, 1.82) is 5.26 Å². The molecule has 2 saturated carbocycles. The third kappa shape index (κ3) is 8.03. The van der Waals surface area contributed by atoms with Crippen molar-refractivity contribution in [2.75, 3.05) is 6.61 Å². The molecule has 0 atom stereocenters. The lowest BCUT2D eigenvalue weighted by Crippen LogP contribution is -2.26. The number of para-hydroxylation sites is 1. The van der Waals surface area contributed by atoms with E-state index in [-0.39, 0.29) is 17.9 Å². The highest BCUT2D eigenvalue weighted by molar-refractivity contribution is 5.81. The van der Waals surface area contributed by atoms with Gasteiger partial charge in [0.15, 0.2) is 0 Å². The molecule has 1 aromatic carbocycles. The molecule has 2 fully saturated rings. The molecule has 5 nitrogen and oxygen atoms in total. The average molecular weight is 452 g/mol. The summed E-state index contributed by atoms with van der Waals surface area (Å²) in [7, 11) is 0. The zero-order valence-electron chi connectivity index (χ0n) is 19.7. The predicted molar refractivity (Wildman–Crippen MR) is 127 cm³/mol. The molecule has 0 spiro atoms. The molecule has 5 heteroatoms. The number of hydrogen-bond donors (Lipinski definition) is 0. The van der Waals surface area contributed by atoms with E-state index in [0.717, 1.165) is 56.3 Å². The van der Waals surface area contributed by atoms with Crippen molar-refractivity contribution in [3.05, 3.63) is 42.5 Å². The second-order valence-electron chi connectivity index (χ2n) is 9.72. The van der Waals surface area contributed by atoms with Gasteiger partial charge in [-0.05, 0) is 68.4 Å². The second-order valence-corrected chi connectivity index (χ2v) is 9.72. The zero-order chi connectivity index (χ0) is 23.5. The van der Waals surface area contributed by atoms with E-state index in [9.17, 15) is 14.9 Å². The van der Waals surface area contributed by atoms with Gasteiger partial charge >= 0.3 is 11.9 Å². The van der Waals surface area contributed by atoms with Gasteiger partial charge in [-0.15, -0.1) is 0 Å². The van der Waals surface area contributed by atoms with E-state index in [2.05, 4.69) is 12.6 Å². The van der Waals surface area contributed by atoms with Gasteiger partial charge < -0.3 is 9.47 Å². The van der Waals surface area contributed by atoms with Crippen LogP contribution >= 0.6 is 0 Å². The van der Waals surface area contributed by atoms with Crippen molar-refractivity contribution in [3.8, 4) is 11.8 Å². The highest BCUT2D eigenvalue weighted by Gasteiger charge is 2.29. The smallest absolute Gasteiger partial charge is 0.330 e. The molecule has 0 amide bonds. The first-order chi connectivity index (χ1) is 16.1. The van der Waals surface area contributed by atoms with Crippen LogP contribution in [-0.2, 0) is 14.3 Å². The molecule has 0 bridgehead atoms. The van der Waals surface area contributed by atoms with Crippen LogP contribution in [0.15, 0.2) is 36.9 Å². The van der Waals surface area contributed by atoms with Gasteiger partial charge in [0.05, 0.1) is 18.1 Å². The van der Waals surface area contributed by atoms with Crippen molar-refractivity contribution < 1.29 is 19.1 Å². The van der Waals surface area contributed by atoms with Crippen LogP contribution < -0.4 is 4.74 Å². The van der Waals surface area contributed by atoms with E-state index in [1.807, 2.05) is 0 Å². The molecule has 0 aromatic heterocycles. The van der Waals surface area contributed by atoms with E-state index in [0.29, 0.717) is 17.9 Å². The number of carbonyl (C=O) groups is 2. The largest absolute Gasteiger partial charge is 0.463 e. The summed E-state index contributed by atoms with van der Waals surface area (Å²) in [6.45, 7) is 3.92. The minimum atomic E-state index is -0.325. The summed E-state index contributed by atoms with van der Waals surface area (Å²) in [4.78, 5) is 23.6. The molecular weight excluding hydrogens is 414 g/mol. The monoisotopic (exact) mass is 451 g/mol. The van der Waals surface area contributed by atoms with Crippen LogP contribution in [0.5, 0.6) is 5.75 Å². The Labute approximate surface area is 198 Å². The summed E-state index contributed by atoms with van der Waals surface area (Å²) < 4.78 is 10.6. The fourth-order valence-electron chi connectivity index (χ4n) is 5.41. The van der Waals surface area contributed by atoms with Gasteiger partial charge in [0.25, 0.3) is 0 Å². The lowest BCUT2D eigenvalue weighted by Gasteiger charge is -2.31. The van der Waals surface area contributed by atoms with E-state index >= 15 is 0 Å². The Morgan fingerprint density at radius 2 is 1.52 bits per heavy atom. The maximum absolute atomic E-state index is 12.6. The molecule has 1 aromatic rings. The van der Waals surface area contributed by atoms with Crippen LogP contribution in [0.2, 0.25) is 0 Å². The number of ether oxygens (including phenoxy) is 2. The molecule has 0 saturated heterocycles. The van der Waals surface area contributed by atoms with Crippen molar-refractivity contribution in [1.82, 2.24) is 0 Å². The summed E-state index contributed by atoms with van der Waals surface area (Å²) in [6.07, 6.45) is 15.1. The first-order valence-corrected chi connectivity index (χ1v) is 12.6. The molecular formula is C28H37NO4. The quantitative estimate of drug-likeness (QED) is 0.179. The number of nitriles is 1. The average Bonchev–Trinajstić information content (AvgIpc) is 2.86. The highest BCUT2D eigenvalue weighted by atomic mass is 16.5. The molecule has 0 N–H and O–H groups in total. The van der Waals surface area contributed by atoms with E-state index in [4.69, 9.17) is 9.47 Å². The maximum Gasteiger partial charge on any atom is 0.330 e. The van der Waals surface area contributed by atoms with E-state index < -0.39 is 0 Å². The Morgan fingerprint density at radius 1 is 0.939 bits per heavy atom. The van der Waals surface area contributed by atoms with Gasteiger partial charge in [0.2, 0.25) is 0 Å². The van der Waals surface area contributed by atoms with Crippen LogP contribution in [0.1, 0.15) is 82.6 Å². The van der Waals surface area contributed by atoms with Gasteiger partial charge in [-0.1, -0.05) is 57.2 Å². The van der Waals surface area contributed by atoms with Crippen molar-refractivity contribution in [3.63, 3.8) is 0 Å². The third-order valence-corrected chi connectivity index (χ3v) is 7.52. The first-order valence-electron chi connectivity index (χ1n) is 12.6. The standard InChI is InChI=1S/C28H37NO4/c1-2-27(30)32-19-5-6-21-9-11-22(12-10-21)13-14-23-15-17-24(18-16-23)28(31)33-26-8-4-3-7-25(26)20-29/h2-4,7-8,21-24H,1,5-6,9-19H2. The zero-order valence-corrected chi connectivity index (χ0v) is 19.7.